The summed E-state index contributed by atoms with van der Waals surface area (Å²) in [6, 6.07) is 4.29. The Labute approximate surface area is 142 Å². The number of thiophene rings is 1. The first-order chi connectivity index (χ1) is 10.3. The molecule has 2 saturated heterocycles. The molecule has 1 saturated carbocycles. The number of carbonyl (C=O) groups is 1. The average Bonchev–Trinajstić information content (AvgIpc) is 3.23. The first kappa shape index (κ1) is 16.3. The number of halogens is 1. The van der Waals surface area contributed by atoms with Gasteiger partial charge in [-0.2, -0.15) is 0 Å². The molecule has 0 spiro atoms. The van der Waals surface area contributed by atoms with Crippen LogP contribution in [0.1, 0.15) is 37.0 Å². The monoisotopic (exact) mass is 340 g/mol. The second kappa shape index (κ2) is 6.50. The quantitative estimate of drug-likeness (QED) is 0.897. The number of fused-ring (bicyclic) bond motifs is 1. The predicted octanol–water partition coefficient (Wildman–Crippen LogP) is 3.05. The smallest absolute Gasteiger partial charge is 0.234 e. The Hall–Kier alpha value is -0.580. The van der Waals surface area contributed by atoms with Crippen molar-refractivity contribution in [2.24, 2.45) is 11.8 Å². The molecular weight excluding hydrogens is 316 g/mol. The SMILES string of the molecule is Cl.O=C(N1C[C@H]2CNC[C@H]2C1)C1(c2cccs2)CCCCC1. The van der Waals surface area contributed by atoms with Crippen molar-refractivity contribution in [3.63, 3.8) is 0 Å². The molecule has 22 heavy (non-hydrogen) atoms. The average molecular weight is 341 g/mol. The number of hydrogen-bond donors (Lipinski definition) is 1. The molecule has 1 aromatic rings. The van der Waals surface area contributed by atoms with Crippen molar-refractivity contribution in [3.05, 3.63) is 22.4 Å². The number of carbonyl (C=O) groups excluding carboxylic acids is 1. The summed E-state index contributed by atoms with van der Waals surface area (Å²) in [7, 11) is 0. The number of likely N-dealkylation sites (tertiary alicyclic amines) is 1. The van der Waals surface area contributed by atoms with Crippen molar-refractivity contribution in [1.29, 1.82) is 0 Å². The van der Waals surface area contributed by atoms with Crippen LogP contribution in [0.2, 0.25) is 0 Å². The van der Waals surface area contributed by atoms with Crippen molar-refractivity contribution < 1.29 is 4.79 Å². The Morgan fingerprint density at radius 2 is 1.86 bits per heavy atom. The van der Waals surface area contributed by atoms with Crippen LogP contribution in [-0.2, 0) is 10.2 Å². The van der Waals surface area contributed by atoms with E-state index in [0.29, 0.717) is 17.7 Å². The minimum Gasteiger partial charge on any atom is -0.341 e. The molecule has 4 rings (SSSR count). The highest BCUT2D eigenvalue weighted by atomic mass is 35.5. The first-order valence-corrected chi connectivity index (χ1v) is 9.22. The van der Waals surface area contributed by atoms with Crippen LogP contribution in [0.15, 0.2) is 17.5 Å². The second-order valence-corrected chi connectivity index (χ2v) is 7.96. The van der Waals surface area contributed by atoms with Gasteiger partial charge in [-0.1, -0.05) is 25.3 Å². The molecule has 0 aromatic carbocycles. The lowest BCUT2D eigenvalue weighted by atomic mass is 9.72. The van der Waals surface area contributed by atoms with E-state index in [4.69, 9.17) is 0 Å². The van der Waals surface area contributed by atoms with Crippen LogP contribution < -0.4 is 5.32 Å². The number of nitrogens with zero attached hydrogens (tertiary/aromatic N) is 1. The van der Waals surface area contributed by atoms with E-state index in [1.807, 2.05) is 0 Å². The van der Waals surface area contributed by atoms with E-state index in [1.54, 1.807) is 11.3 Å². The van der Waals surface area contributed by atoms with E-state index in [2.05, 4.69) is 27.7 Å². The Balaban J connectivity index is 0.00000144. The largest absolute Gasteiger partial charge is 0.341 e. The Morgan fingerprint density at radius 1 is 1.18 bits per heavy atom. The zero-order valence-corrected chi connectivity index (χ0v) is 14.6. The molecule has 122 valence electrons. The zero-order valence-electron chi connectivity index (χ0n) is 12.9. The summed E-state index contributed by atoms with van der Waals surface area (Å²) in [5.41, 5.74) is -0.196. The minimum atomic E-state index is -0.196. The van der Waals surface area contributed by atoms with Crippen LogP contribution >= 0.6 is 23.7 Å². The molecule has 0 radical (unpaired) electrons. The molecule has 2 atom stereocenters. The van der Waals surface area contributed by atoms with Gasteiger partial charge in [-0.3, -0.25) is 4.79 Å². The molecular formula is C17H25ClN2OS. The van der Waals surface area contributed by atoms with E-state index < -0.39 is 0 Å². The van der Waals surface area contributed by atoms with E-state index >= 15 is 0 Å². The van der Waals surface area contributed by atoms with Gasteiger partial charge in [0.25, 0.3) is 0 Å². The fraction of sp³-hybridized carbons (Fsp3) is 0.706. The van der Waals surface area contributed by atoms with E-state index in [-0.39, 0.29) is 17.8 Å². The number of hydrogen-bond acceptors (Lipinski definition) is 3. The maximum absolute atomic E-state index is 13.4. The van der Waals surface area contributed by atoms with Crippen LogP contribution in [0.5, 0.6) is 0 Å². The standard InChI is InChI=1S/C17H24N2OS.ClH/c20-16(19-11-13-9-18-10-14(13)12-19)17(6-2-1-3-7-17)15-5-4-8-21-15;/h4-5,8,13-14,18H,1-3,6-7,9-12H2;1H/t13-,14+;. The molecule has 1 amide bonds. The predicted molar refractivity (Wildman–Crippen MR) is 92.8 cm³/mol. The fourth-order valence-electron chi connectivity index (χ4n) is 4.60. The van der Waals surface area contributed by atoms with Crippen LogP contribution in [0.4, 0.5) is 0 Å². The third-order valence-electron chi connectivity index (χ3n) is 5.79. The highest BCUT2D eigenvalue weighted by Gasteiger charge is 2.48. The van der Waals surface area contributed by atoms with Gasteiger partial charge in [0.05, 0.1) is 5.41 Å². The molecule has 3 nitrogen and oxygen atoms in total. The molecule has 0 unspecified atom stereocenters. The summed E-state index contributed by atoms with van der Waals surface area (Å²) in [5, 5.41) is 5.59. The van der Waals surface area contributed by atoms with E-state index in [1.165, 1.54) is 24.1 Å². The highest BCUT2D eigenvalue weighted by Crippen LogP contribution is 2.44. The van der Waals surface area contributed by atoms with Crippen molar-refractivity contribution in [2.45, 2.75) is 37.5 Å². The maximum Gasteiger partial charge on any atom is 0.234 e. The molecule has 1 aliphatic carbocycles. The summed E-state index contributed by atoms with van der Waals surface area (Å²) in [4.78, 5) is 16.9. The fourth-order valence-corrected chi connectivity index (χ4v) is 5.57. The third kappa shape index (κ3) is 2.59. The lowest BCUT2D eigenvalue weighted by Crippen LogP contribution is -2.47. The van der Waals surface area contributed by atoms with E-state index in [9.17, 15) is 4.79 Å². The van der Waals surface area contributed by atoms with Gasteiger partial charge in [-0.15, -0.1) is 23.7 Å². The van der Waals surface area contributed by atoms with Gasteiger partial charge in [0.15, 0.2) is 0 Å². The second-order valence-electron chi connectivity index (χ2n) is 7.01. The highest BCUT2D eigenvalue weighted by molar-refractivity contribution is 7.10. The van der Waals surface area contributed by atoms with Crippen LogP contribution in [0.25, 0.3) is 0 Å². The third-order valence-corrected chi connectivity index (χ3v) is 6.86. The van der Waals surface area contributed by atoms with Gasteiger partial charge in [-0.25, -0.2) is 0 Å². The zero-order chi connectivity index (χ0) is 14.3. The summed E-state index contributed by atoms with van der Waals surface area (Å²) < 4.78 is 0. The molecule has 3 aliphatic rings. The van der Waals surface area contributed by atoms with Gasteiger partial charge in [0.1, 0.15) is 0 Å². The Morgan fingerprint density at radius 3 is 2.45 bits per heavy atom. The summed E-state index contributed by atoms with van der Waals surface area (Å²) in [5.74, 6) is 1.81. The summed E-state index contributed by atoms with van der Waals surface area (Å²) >= 11 is 1.78. The molecule has 1 aromatic heterocycles. The van der Waals surface area contributed by atoms with Crippen molar-refractivity contribution in [2.75, 3.05) is 26.2 Å². The normalized spacial score (nSPS) is 29.9. The maximum atomic E-state index is 13.4. The lowest BCUT2D eigenvalue weighted by Gasteiger charge is -2.38. The number of rotatable bonds is 2. The molecule has 1 N–H and O–H groups in total. The van der Waals surface area contributed by atoms with Crippen LogP contribution in [0, 0.1) is 11.8 Å². The molecule has 3 fully saturated rings. The van der Waals surface area contributed by atoms with Crippen molar-refractivity contribution in [3.8, 4) is 0 Å². The van der Waals surface area contributed by atoms with Crippen molar-refractivity contribution >= 4 is 29.7 Å². The summed E-state index contributed by atoms with van der Waals surface area (Å²) in [6.45, 7) is 4.15. The first-order valence-electron chi connectivity index (χ1n) is 8.34. The van der Waals surface area contributed by atoms with Gasteiger partial charge >= 0.3 is 0 Å². The van der Waals surface area contributed by atoms with E-state index in [0.717, 1.165) is 39.0 Å². The van der Waals surface area contributed by atoms with Gasteiger partial charge in [0, 0.05) is 31.1 Å². The van der Waals surface area contributed by atoms with Gasteiger partial charge in [0.2, 0.25) is 5.91 Å². The topological polar surface area (TPSA) is 32.3 Å². The molecule has 3 heterocycles. The lowest BCUT2D eigenvalue weighted by molar-refractivity contribution is -0.138. The molecule has 2 aliphatic heterocycles. The molecule has 0 bridgehead atoms. The Kier molecular flexibility index (Phi) is 4.81. The van der Waals surface area contributed by atoms with Crippen LogP contribution in [0.3, 0.4) is 0 Å². The number of nitrogens with one attached hydrogen (secondary N) is 1. The Bertz CT molecular complexity index is 501. The van der Waals surface area contributed by atoms with Crippen LogP contribution in [-0.4, -0.2) is 37.0 Å². The molecule has 5 heteroatoms. The number of amides is 1. The summed E-state index contributed by atoms with van der Waals surface area (Å²) in [6.07, 6.45) is 5.79. The minimum absolute atomic E-state index is 0. The van der Waals surface area contributed by atoms with Gasteiger partial charge < -0.3 is 10.2 Å². The van der Waals surface area contributed by atoms with Crippen molar-refractivity contribution in [1.82, 2.24) is 10.2 Å². The van der Waals surface area contributed by atoms with Gasteiger partial charge in [-0.05, 0) is 36.1 Å².